The Kier molecular flexibility index (Phi) is 5.75. The van der Waals surface area contributed by atoms with E-state index in [-0.39, 0.29) is 11.9 Å². The van der Waals surface area contributed by atoms with E-state index in [1.165, 1.54) is 0 Å². The van der Waals surface area contributed by atoms with Gasteiger partial charge in [-0.15, -0.1) is 0 Å². The molecular weight excluding hydrogens is 432 g/mol. The molecule has 7 heteroatoms. The largest absolute Gasteiger partial charge is 0.494 e. The molecule has 0 amide bonds. The first-order valence-electron chi connectivity index (χ1n) is 11.6. The second-order valence-electron chi connectivity index (χ2n) is 9.94. The van der Waals surface area contributed by atoms with Crippen LogP contribution in [0.5, 0.6) is 5.88 Å². The first-order chi connectivity index (χ1) is 16.2. The molecule has 176 valence electrons. The van der Waals surface area contributed by atoms with E-state index in [1.54, 1.807) is 25.4 Å². The van der Waals surface area contributed by atoms with E-state index < -0.39 is 18.3 Å². The third-order valence-electron chi connectivity index (χ3n) is 7.23. The smallest absolute Gasteiger partial charge is 0.481 e. The molecule has 2 aliphatic heterocycles. The lowest BCUT2D eigenvalue weighted by Gasteiger charge is -2.32. The van der Waals surface area contributed by atoms with Gasteiger partial charge >= 0.3 is 7.12 Å². The maximum absolute atomic E-state index is 15.2. The average molecular weight is 461 g/mol. The minimum absolute atomic E-state index is 0.288. The van der Waals surface area contributed by atoms with Gasteiger partial charge in [0.2, 0.25) is 5.88 Å². The van der Waals surface area contributed by atoms with Crippen LogP contribution >= 0.6 is 0 Å². The second kappa shape index (κ2) is 8.49. The summed E-state index contributed by atoms with van der Waals surface area (Å²) in [6.07, 6.45) is 1.88. The fourth-order valence-corrected chi connectivity index (χ4v) is 4.42. The zero-order valence-electron chi connectivity index (χ0n) is 20.2. The Labute approximate surface area is 200 Å². The number of hydrogen-bond donors (Lipinski definition) is 0. The SMILES string of the molecule is COc1cc(-c2ccc(C3Cc4cc(B5OC(C)(C)C(C)(C)O5)ccc4CO3)c(F)c2)ccn1. The maximum Gasteiger partial charge on any atom is 0.494 e. The molecule has 1 unspecified atom stereocenters. The predicted octanol–water partition coefficient (Wildman–Crippen LogP) is 5.01. The van der Waals surface area contributed by atoms with Crippen molar-refractivity contribution in [2.24, 2.45) is 0 Å². The van der Waals surface area contributed by atoms with Crippen LogP contribution in [0.1, 0.15) is 50.5 Å². The van der Waals surface area contributed by atoms with Gasteiger partial charge in [0, 0.05) is 24.2 Å². The number of rotatable bonds is 4. The van der Waals surface area contributed by atoms with Crippen LogP contribution in [0.4, 0.5) is 4.39 Å². The molecule has 3 aromatic rings. The summed E-state index contributed by atoms with van der Waals surface area (Å²) in [5.41, 5.74) is 4.58. The number of hydrogen-bond acceptors (Lipinski definition) is 5. The molecule has 2 aliphatic rings. The number of benzene rings is 2. The van der Waals surface area contributed by atoms with Crippen molar-refractivity contribution in [3.8, 4) is 17.0 Å². The summed E-state index contributed by atoms with van der Waals surface area (Å²) in [4.78, 5) is 4.12. The minimum atomic E-state index is -0.426. The molecule has 0 aliphatic carbocycles. The van der Waals surface area contributed by atoms with Crippen LogP contribution in [0, 0.1) is 5.82 Å². The molecule has 0 spiro atoms. The number of fused-ring (bicyclic) bond motifs is 1. The number of methoxy groups -OCH3 is 1. The van der Waals surface area contributed by atoms with Gasteiger partial charge in [-0.2, -0.15) is 0 Å². The van der Waals surface area contributed by atoms with E-state index in [4.69, 9.17) is 18.8 Å². The molecular formula is C27H29BFNO4. The van der Waals surface area contributed by atoms with E-state index in [9.17, 15) is 0 Å². The van der Waals surface area contributed by atoms with Gasteiger partial charge in [-0.25, -0.2) is 9.37 Å². The van der Waals surface area contributed by atoms with Gasteiger partial charge in [-0.3, -0.25) is 0 Å². The van der Waals surface area contributed by atoms with Crippen LogP contribution in [-0.2, 0) is 27.1 Å². The molecule has 0 saturated carbocycles. The number of aromatic nitrogens is 1. The van der Waals surface area contributed by atoms with Gasteiger partial charge in [-0.1, -0.05) is 30.3 Å². The van der Waals surface area contributed by atoms with E-state index in [1.807, 2.05) is 52.0 Å². The zero-order chi connectivity index (χ0) is 24.1. The number of nitrogens with zero attached hydrogens (tertiary/aromatic N) is 1. The van der Waals surface area contributed by atoms with Crippen molar-refractivity contribution in [2.75, 3.05) is 7.11 Å². The molecule has 1 saturated heterocycles. The van der Waals surface area contributed by atoms with E-state index in [0.29, 0.717) is 24.5 Å². The lowest BCUT2D eigenvalue weighted by Crippen LogP contribution is -2.41. The molecule has 0 N–H and O–H groups in total. The predicted molar refractivity (Wildman–Crippen MR) is 130 cm³/mol. The third-order valence-corrected chi connectivity index (χ3v) is 7.23. The fraction of sp³-hybridized carbons (Fsp3) is 0.370. The highest BCUT2D eigenvalue weighted by Crippen LogP contribution is 2.37. The molecule has 3 heterocycles. The Morgan fingerprint density at radius 2 is 1.68 bits per heavy atom. The van der Waals surface area contributed by atoms with Crippen molar-refractivity contribution >= 4 is 12.6 Å². The number of pyridine rings is 1. The summed E-state index contributed by atoms with van der Waals surface area (Å²) < 4.78 is 38.9. The zero-order valence-corrected chi connectivity index (χ0v) is 20.2. The van der Waals surface area contributed by atoms with Gasteiger partial charge in [-0.05, 0) is 67.5 Å². The van der Waals surface area contributed by atoms with E-state index in [0.717, 1.165) is 27.7 Å². The summed E-state index contributed by atoms with van der Waals surface area (Å²) in [5.74, 6) is 0.204. The Hall–Kier alpha value is -2.74. The fourth-order valence-electron chi connectivity index (χ4n) is 4.42. The molecule has 0 radical (unpaired) electrons. The molecule has 0 bridgehead atoms. The van der Waals surface area contributed by atoms with Crippen LogP contribution < -0.4 is 10.2 Å². The molecule has 34 heavy (non-hydrogen) atoms. The molecule has 5 nitrogen and oxygen atoms in total. The van der Waals surface area contributed by atoms with Crippen LogP contribution in [0.15, 0.2) is 54.7 Å². The molecule has 5 rings (SSSR count). The average Bonchev–Trinajstić information content (AvgIpc) is 3.05. The normalized spacial score (nSPS) is 20.8. The van der Waals surface area contributed by atoms with Crippen molar-refractivity contribution in [3.05, 3.63) is 77.2 Å². The van der Waals surface area contributed by atoms with Gasteiger partial charge < -0.3 is 18.8 Å². The summed E-state index contributed by atoms with van der Waals surface area (Å²) >= 11 is 0. The maximum atomic E-state index is 15.2. The van der Waals surface area contributed by atoms with Crippen LogP contribution in [0.2, 0.25) is 0 Å². The van der Waals surface area contributed by atoms with Crippen molar-refractivity contribution in [1.82, 2.24) is 4.98 Å². The molecule has 2 aromatic carbocycles. The highest BCUT2D eigenvalue weighted by Gasteiger charge is 2.51. The van der Waals surface area contributed by atoms with Gasteiger partial charge in [0.25, 0.3) is 0 Å². The van der Waals surface area contributed by atoms with Crippen LogP contribution in [0.3, 0.4) is 0 Å². The highest BCUT2D eigenvalue weighted by molar-refractivity contribution is 6.62. The molecule has 1 fully saturated rings. The molecule has 1 aromatic heterocycles. The lowest BCUT2D eigenvalue weighted by atomic mass is 9.77. The van der Waals surface area contributed by atoms with E-state index >= 15 is 4.39 Å². The summed E-state index contributed by atoms with van der Waals surface area (Å²) in [6, 6.07) is 15.1. The summed E-state index contributed by atoms with van der Waals surface area (Å²) in [5, 5.41) is 0. The third kappa shape index (κ3) is 4.13. The minimum Gasteiger partial charge on any atom is -0.481 e. The van der Waals surface area contributed by atoms with Crippen LogP contribution in [-0.4, -0.2) is 30.4 Å². The molecule has 1 atom stereocenters. The monoisotopic (exact) mass is 461 g/mol. The Balaban J connectivity index is 1.38. The van der Waals surface area contributed by atoms with Crippen LogP contribution in [0.25, 0.3) is 11.1 Å². The number of halogens is 1. The van der Waals surface area contributed by atoms with Gasteiger partial charge in [0.1, 0.15) is 5.82 Å². The van der Waals surface area contributed by atoms with Gasteiger partial charge in [0.05, 0.1) is 31.0 Å². The van der Waals surface area contributed by atoms with Crippen molar-refractivity contribution in [3.63, 3.8) is 0 Å². The van der Waals surface area contributed by atoms with Gasteiger partial charge in [0.15, 0.2) is 0 Å². The van der Waals surface area contributed by atoms with Crippen molar-refractivity contribution < 1.29 is 23.2 Å². The lowest BCUT2D eigenvalue weighted by molar-refractivity contribution is 0.00578. The quantitative estimate of drug-likeness (QED) is 0.512. The first kappa shape index (κ1) is 23.0. The topological polar surface area (TPSA) is 49.8 Å². The van der Waals surface area contributed by atoms with Crippen molar-refractivity contribution in [2.45, 2.75) is 58.0 Å². The Bertz CT molecular complexity index is 1210. The number of ether oxygens (including phenoxy) is 2. The van der Waals surface area contributed by atoms with Crippen molar-refractivity contribution in [1.29, 1.82) is 0 Å². The van der Waals surface area contributed by atoms with E-state index in [2.05, 4.69) is 17.1 Å². The standard InChI is InChI=1S/C27H29BFNO4/c1-26(2)27(3,4)34-28(33-26)21-8-6-19-16-32-24(14-20(19)12-21)22-9-7-17(13-23(22)29)18-10-11-30-25(15-18)31-5/h6-13,15,24H,14,16H2,1-5H3. The summed E-state index contributed by atoms with van der Waals surface area (Å²) in [7, 11) is 1.14. The Morgan fingerprint density at radius 3 is 2.38 bits per heavy atom. The highest BCUT2D eigenvalue weighted by atomic mass is 19.1. The Morgan fingerprint density at radius 1 is 0.941 bits per heavy atom. The second-order valence-corrected chi connectivity index (χ2v) is 9.94. The summed E-state index contributed by atoms with van der Waals surface area (Å²) in [6.45, 7) is 8.62. The first-order valence-corrected chi connectivity index (χ1v) is 11.6.